The zero-order valence-corrected chi connectivity index (χ0v) is 22.5. The van der Waals surface area contributed by atoms with Gasteiger partial charge < -0.3 is 20.3 Å². The minimum absolute atomic E-state index is 0.0135. The number of ether oxygens (including phenoxy) is 1. The van der Waals surface area contributed by atoms with Crippen LogP contribution in [0.25, 0.3) is 0 Å². The Kier molecular flexibility index (Phi) is 6.64. The Morgan fingerprint density at radius 2 is 1.95 bits per heavy atom. The molecule has 1 fully saturated rings. The standard InChI is InChI=1S/C29H29N5O4S/c1-3-23(35)31-18-12-14-33(16-18)28(36)26-25-24-22(11-13-30-27(24)39-26)34(29(37)32-25)21-10-9-20(15-17(21)2)38-19-7-5-4-6-8-19/h4-11,13,15,18,25-26H,3,12,14,16H2,1-2H3,(H,31,35)(H,32,37)/t18-,25?,26?/m0/s1. The molecule has 3 aliphatic rings. The van der Waals surface area contributed by atoms with Gasteiger partial charge in [-0.15, -0.1) is 0 Å². The van der Waals surface area contributed by atoms with Gasteiger partial charge in [-0.25, -0.2) is 9.78 Å². The molecule has 3 atom stereocenters. The van der Waals surface area contributed by atoms with E-state index >= 15 is 0 Å². The molecule has 200 valence electrons. The zero-order chi connectivity index (χ0) is 27.1. The maximum atomic E-state index is 13.6. The van der Waals surface area contributed by atoms with Crippen LogP contribution in [-0.4, -0.2) is 52.1 Å². The van der Waals surface area contributed by atoms with Crippen LogP contribution in [0.1, 0.15) is 36.9 Å². The number of urea groups is 1. The van der Waals surface area contributed by atoms with Crippen LogP contribution in [0, 0.1) is 6.92 Å². The van der Waals surface area contributed by atoms with Crippen molar-refractivity contribution in [1.82, 2.24) is 20.5 Å². The van der Waals surface area contributed by atoms with Crippen LogP contribution >= 0.6 is 11.8 Å². The lowest BCUT2D eigenvalue weighted by atomic mass is 9.99. The molecule has 3 aliphatic heterocycles. The molecule has 10 heteroatoms. The molecule has 1 aromatic heterocycles. The average Bonchev–Trinajstić information content (AvgIpc) is 3.55. The van der Waals surface area contributed by atoms with Gasteiger partial charge in [-0.1, -0.05) is 36.9 Å². The number of hydrogen-bond donors (Lipinski definition) is 2. The molecule has 0 bridgehead atoms. The third-order valence-corrected chi connectivity index (χ3v) is 8.60. The Hall–Kier alpha value is -4.05. The van der Waals surface area contributed by atoms with Crippen LogP contribution in [0.2, 0.25) is 0 Å². The van der Waals surface area contributed by atoms with Gasteiger partial charge >= 0.3 is 6.03 Å². The molecule has 2 aromatic carbocycles. The lowest BCUT2D eigenvalue weighted by Crippen LogP contribution is -2.49. The Labute approximate surface area is 230 Å². The Bertz CT molecular complexity index is 1450. The van der Waals surface area contributed by atoms with Gasteiger partial charge in [0.2, 0.25) is 11.8 Å². The molecule has 0 aliphatic carbocycles. The van der Waals surface area contributed by atoms with Crippen molar-refractivity contribution in [2.75, 3.05) is 18.0 Å². The van der Waals surface area contributed by atoms with E-state index in [0.717, 1.165) is 39.7 Å². The number of amides is 4. The van der Waals surface area contributed by atoms with E-state index in [2.05, 4.69) is 15.6 Å². The number of aromatic nitrogens is 1. The van der Waals surface area contributed by atoms with Crippen LogP contribution in [0.4, 0.5) is 16.2 Å². The van der Waals surface area contributed by atoms with Crippen LogP contribution in [0.5, 0.6) is 11.5 Å². The molecule has 4 amide bonds. The number of anilines is 2. The third kappa shape index (κ3) is 4.69. The van der Waals surface area contributed by atoms with Crippen molar-refractivity contribution < 1.29 is 19.1 Å². The number of thioether (sulfide) groups is 1. The van der Waals surface area contributed by atoms with Crippen LogP contribution in [0.15, 0.2) is 65.8 Å². The summed E-state index contributed by atoms with van der Waals surface area (Å²) < 4.78 is 5.97. The summed E-state index contributed by atoms with van der Waals surface area (Å²) in [7, 11) is 0. The number of aryl methyl sites for hydroxylation is 1. The number of pyridine rings is 1. The summed E-state index contributed by atoms with van der Waals surface area (Å²) in [5.41, 5.74) is 3.19. The average molecular weight is 544 g/mol. The topological polar surface area (TPSA) is 104 Å². The molecule has 2 N–H and O–H groups in total. The summed E-state index contributed by atoms with van der Waals surface area (Å²) >= 11 is 1.39. The quantitative estimate of drug-likeness (QED) is 0.468. The molecule has 4 heterocycles. The second-order valence-corrected chi connectivity index (χ2v) is 11.0. The Morgan fingerprint density at radius 3 is 2.72 bits per heavy atom. The largest absolute Gasteiger partial charge is 0.457 e. The van der Waals surface area contributed by atoms with Gasteiger partial charge in [0.1, 0.15) is 21.8 Å². The highest BCUT2D eigenvalue weighted by molar-refractivity contribution is 8.01. The number of carbonyl (C=O) groups excluding carboxylic acids is 3. The minimum Gasteiger partial charge on any atom is -0.457 e. The molecule has 39 heavy (non-hydrogen) atoms. The van der Waals surface area contributed by atoms with Crippen LogP contribution < -0.4 is 20.3 Å². The highest BCUT2D eigenvalue weighted by Crippen LogP contribution is 2.51. The van der Waals surface area contributed by atoms with Gasteiger partial charge in [-0.3, -0.25) is 14.5 Å². The van der Waals surface area contributed by atoms with E-state index < -0.39 is 11.3 Å². The van der Waals surface area contributed by atoms with Gasteiger partial charge in [0.25, 0.3) is 0 Å². The minimum atomic E-state index is -0.511. The van der Waals surface area contributed by atoms with Crippen molar-refractivity contribution in [2.24, 2.45) is 0 Å². The predicted molar refractivity (Wildman–Crippen MR) is 148 cm³/mol. The second kappa shape index (κ2) is 10.3. The molecule has 3 aromatic rings. The van der Waals surface area contributed by atoms with Gasteiger partial charge in [-0.2, -0.15) is 0 Å². The fourth-order valence-electron chi connectivity index (χ4n) is 5.41. The first kappa shape index (κ1) is 25.2. The number of likely N-dealkylation sites (tertiary alicyclic amines) is 1. The van der Waals surface area contributed by atoms with Gasteiger partial charge in [-0.05, 0) is 55.3 Å². The lowest BCUT2D eigenvalue weighted by molar-refractivity contribution is -0.130. The number of hydrogen-bond acceptors (Lipinski definition) is 6. The summed E-state index contributed by atoms with van der Waals surface area (Å²) in [5, 5.41) is 6.31. The molecule has 0 saturated carbocycles. The summed E-state index contributed by atoms with van der Waals surface area (Å²) in [6, 6.07) is 16.2. The van der Waals surface area contributed by atoms with E-state index in [0.29, 0.717) is 25.3 Å². The first-order valence-corrected chi connectivity index (χ1v) is 14.0. The number of rotatable bonds is 6. The third-order valence-electron chi connectivity index (χ3n) is 7.32. The fourth-order valence-corrected chi connectivity index (χ4v) is 6.72. The van der Waals surface area contributed by atoms with E-state index in [9.17, 15) is 14.4 Å². The van der Waals surface area contributed by atoms with E-state index in [1.165, 1.54) is 11.8 Å². The number of nitrogens with one attached hydrogen (secondary N) is 2. The van der Waals surface area contributed by atoms with Crippen LogP contribution in [0.3, 0.4) is 0 Å². The Balaban J connectivity index is 1.24. The zero-order valence-electron chi connectivity index (χ0n) is 21.7. The number of nitrogens with zero attached hydrogens (tertiary/aromatic N) is 3. The summed E-state index contributed by atoms with van der Waals surface area (Å²) in [6.07, 6.45) is 2.82. The first-order chi connectivity index (χ1) is 18.9. The van der Waals surface area contributed by atoms with Crippen molar-refractivity contribution in [2.45, 2.75) is 49.0 Å². The molecular weight excluding hydrogens is 514 g/mol. The van der Waals surface area contributed by atoms with Gasteiger partial charge in [0.15, 0.2) is 0 Å². The van der Waals surface area contributed by atoms with Gasteiger partial charge in [0.05, 0.1) is 17.4 Å². The molecule has 6 rings (SSSR count). The van der Waals surface area contributed by atoms with E-state index in [1.54, 1.807) is 16.0 Å². The van der Waals surface area contributed by atoms with Crippen molar-refractivity contribution in [3.63, 3.8) is 0 Å². The van der Waals surface area contributed by atoms with E-state index in [4.69, 9.17) is 4.74 Å². The van der Waals surface area contributed by atoms with E-state index in [1.807, 2.05) is 68.4 Å². The number of para-hydroxylation sites is 1. The normalized spacial score (nSPS) is 21.4. The van der Waals surface area contributed by atoms with Crippen molar-refractivity contribution in [3.8, 4) is 11.5 Å². The van der Waals surface area contributed by atoms with Crippen molar-refractivity contribution in [1.29, 1.82) is 0 Å². The number of benzene rings is 2. The molecule has 2 unspecified atom stereocenters. The smallest absolute Gasteiger partial charge is 0.327 e. The molecule has 0 spiro atoms. The predicted octanol–water partition coefficient (Wildman–Crippen LogP) is 4.69. The summed E-state index contributed by atoms with van der Waals surface area (Å²) in [5.74, 6) is 1.35. The summed E-state index contributed by atoms with van der Waals surface area (Å²) in [6.45, 7) is 4.80. The molecule has 9 nitrogen and oxygen atoms in total. The molecule has 0 radical (unpaired) electrons. The highest BCUT2D eigenvalue weighted by atomic mass is 32.2. The fraction of sp³-hybridized carbons (Fsp3) is 0.310. The van der Waals surface area contributed by atoms with E-state index in [-0.39, 0.29) is 23.9 Å². The molecule has 1 saturated heterocycles. The summed E-state index contributed by atoms with van der Waals surface area (Å²) in [4.78, 5) is 47.0. The van der Waals surface area contributed by atoms with Gasteiger partial charge in [0, 0.05) is 37.3 Å². The second-order valence-electron chi connectivity index (χ2n) is 9.90. The Morgan fingerprint density at radius 1 is 1.13 bits per heavy atom. The SMILES string of the molecule is CCC(=O)N[C@H]1CCN(C(=O)C2Sc3nccc4c3C2NC(=O)N4c2ccc(Oc3ccccc3)cc2C)C1. The van der Waals surface area contributed by atoms with Crippen LogP contribution in [-0.2, 0) is 9.59 Å². The monoisotopic (exact) mass is 543 g/mol. The first-order valence-electron chi connectivity index (χ1n) is 13.1. The highest BCUT2D eigenvalue weighted by Gasteiger charge is 2.48. The van der Waals surface area contributed by atoms with Crippen molar-refractivity contribution >= 4 is 41.0 Å². The maximum absolute atomic E-state index is 13.6. The molecular formula is C29H29N5O4S. The van der Waals surface area contributed by atoms with Crippen molar-refractivity contribution in [3.05, 3.63) is 71.9 Å². The maximum Gasteiger partial charge on any atom is 0.327 e. The lowest BCUT2D eigenvalue weighted by Gasteiger charge is -2.35. The number of carbonyl (C=O) groups is 3.